The molecule has 8 heteroatoms. The standard InChI is InChI=1S/C8H9ClN4O2S/c1-4-7(15)11-8-13(12-4)5(3-16-8)10-6(14)2-9/h3,8H,2H2,1H3,(H,10,14)(H,11,15)/t8-/m0/s1. The number of halogens is 1. The molecule has 2 aliphatic rings. The van der Waals surface area contributed by atoms with Gasteiger partial charge in [0.2, 0.25) is 5.91 Å². The van der Waals surface area contributed by atoms with E-state index in [-0.39, 0.29) is 23.2 Å². The molecule has 0 saturated heterocycles. The molecular weight excluding hydrogens is 252 g/mol. The van der Waals surface area contributed by atoms with Crippen LogP contribution in [-0.4, -0.2) is 33.9 Å². The van der Waals surface area contributed by atoms with Crippen molar-refractivity contribution in [3.8, 4) is 0 Å². The molecule has 2 rings (SSSR count). The van der Waals surface area contributed by atoms with Gasteiger partial charge in [0.05, 0.1) is 0 Å². The van der Waals surface area contributed by atoms with Crippen LogP contribution >= 0.6 is 23.4 Å². The summed E-state index contributed by atoms with van der Waals surface area (Å²) in [6, 6.07) is 0. The van der Waals surface area contributed by atoms with E-state index >= 15 is 0 Å². The van der Waals surface area contributed by atoms with E-state index in [1.807, 2.05) is 0 Å². The van der Waals surface area contributed by atoms with Crippen molar-refractivity contribution in [3.63, 3.8) is 0 Å². The van der Waals surface area contributed by atoms with Crippen molar-refractivity contribution < 1.29 is 9.59 Å². The first kappa shape index (κ1) is 11.3. The van der Waals surface area contributed by atoms with Crippen LogP contribution in [-0.2, 0) is 9.59 Å². The van der Waals surface area contributed by atoms with Crippen molar-refractivity contribution in [2.24, 2.45) is 5.10 Å². The normalized spacial score (nSPS) is 23.2. The number of nitrogens with zero attached hydrogens (tertiary/aromatic N) is 2. The second-order valence-electron chi connectivity index (χ2n) is 3.18. The van der Waals surface area contributed by atoms with Crippen LogP contribution in [0.5, 0.6) is 0 Å². The summed E-state index contributed by atoms with van der Waals surface area (Å²) < 4.78 is 0. The van der Waals surface area contributed by atoms with Crippen molar-refractivity contribution in [1.29, 1.82) is 0 Å². The molecule has 86 valence electrons. The van der Waals surface area contributed by atoms with Gasteiger partial charge in [0.25, 0.3) is 5.91 Å². The van der Waals surface area contributed by atoms with Gasteiger partial charge in [-0.1, -0.05) is 11.8 Å². The van der Waals surface area contributed by atoms with Crippen LogP contribution < -0.4 is 10.6 Å². The van der Waals surface area contributed by atoms with Crippen molar-refractivity contribution in [1.82, 2.24) is 15.6 Å². The summed E-state index contributed by atoms with van der Waals surface area (Å²) >= 11 is 6.75. The van der Waals surface area contributed by atoms with Crippen LogP contribution in [0.25, 0.3) is 0 Å². The minimum absolute atomic E-state index is 0.116. The Hall–Kier alpha value is -1.21. The molecule has 2 aliphatic heterocycles. The zero-order valence-corrected chi connectivity index (χ0v) is 9.93. The molecule has 0 fully saturated rings. The number of rotatable bonds is 2. The lowest BCUT2D eigenvalue weighted by Crippen LogP contribution is -2.50. The molecular formula is C8H9ClN4O2S. The lowest BCUT2D eigenvalue weighted by molar-refractivity contribution is -0.118. The van der Waals surface area contributed by atoms with Gasteiger partial charge in [0.1, 0.15) is 17.4 Å². The number of hydrazone groups is 1. The SMILES string of the molecule is CC1=NN2C(NC(=O)CCl)=CS[C@H]2NC1=O. The third-order valence-corrected chi connectivity index (χ3v) is 3.18. The Labute approximate surface area is 101 Å². The fraction of sp³-hybridized carbons (Fsp3) is 0.375. The average molecular weight is 261 g/mol. The molecule has 6 nitrogen and oxygen atoms in total. The van der Waals surface area contributed by atoms with E-state index in [1.54, 1.807) is 17.3 Å². The lowest BCUT2D eigenvalue weighted by atomic mass is 10.4. The topological polar surface area (TPSA) is 73.8 Å². The number of alkyl halides is 1. The Morgan fingerprint density at radius 2 is 2.56 bits per heavy atom. The number of carbonyl (C=O) groups is 2. The van der Waals surface area contributed by atoms with Gasteiger partial charge in [-0.3, -0.25) is 9.59 Å². The van der Waals surface area contributed by atoms with Crippen LogP contribution in [0.3, 0.4) is 0 Å². The van der Waals surface area contributed by atoms with E-state index in [4.69, 9.17) is 11.6 Å². The zero-order chi connectivity index (χ0) is 11.7. The smallest absolute Gasteiger partial charge is 0.269 e. The summed E-state index contributed by atoms with van der Waals surface area (Å²) in [5.41, 5.74) is 0.0617. The Morgan fingerprint density at radius 3 is 3.25 bits per heavy atom. The average Bonchev–Trinajstić information content (AvgIpc) is 2.62. The van der Waals surface area contributed by atoms with E-state index < -0.39 is 0 Å². The quantitative estimate of drug-likeness (QED) is 0.685. The van der Waals surface area contributed by atoms with E-state index in [0.29, 0.717) is 11.5 Å². The number of hydrogen-bond donors (Lipinski definition) is 2. The molecule has 2 amide bonds. The second-order valence-corrected chi connectivity index (χ2v) is 4.40. The molecule has 0 aromatic rings. The number of thioether (sulfide) groups is 1. The highest BCUT2D eigenvalue weighted by Gasteiger charge is 2.33. The minimum atomic E-state index is -0.307. The molecule has 0 saturated carbocycles. The first-order valence-corrected chi connectivity index (χ1v) is 5.96. The second kappa shape index (κ2) is 4.34. The summed E-state index contributed by atoms with van der Waals surface area (Å²) in [6.07, 6.45) is 0. The molecule has 2 N–H and O–H groups in total. The Morgan fingerprint density at radius 1 is 1.81 bits per heavy atom. The van der Waals surface area contributed by atoms with Gasteiger partial charge < -0.3 is 10.6 Å². The van der Waals surface area contributed by atoms with Gasteiger partial charge in [-0.05, 0) is 6.92 Å². The van der Waals surface area contributed by atoms with Crippen molar-refractivity contribution in [3.05, 3.63) is 11.2 Å². The Balaban J connectivity index is 2.13. The predicted octanol–water partition coefficient (Wildman–Crippen LogP) is -0.0216. The van der Waals surface area contributed by atoms with Crippen molar-refractivity contribution in [2.45, 2.75) is 12.4 Å². The molecule has 0 spiro atoms. The molecule has 0 aromatic heterocycles. The maximum absolute atomic E-state index is 11.3. The molecule has 0 radical (unpaired) electrons. The van der Waals surface area contributed by atoms with Crippen molar-refractivity contribution in [2.75, 3.05) is 5.88 Å². The van der Waals surface area contributed by atoms with Crippen LogP contribution in [0.1, 0.15) is 6.92 Å². The van der Waals surface area contributed by atoms with Gasteiger partial charge in [-0.15, -0.1) is 11.6 Å². The maximum Gasteiger partial charge on any atom is 0.269 e. The van der Waals surface area contributed by atoms with E-state index in [0.717, 1.165) is 0 Å². The fourth-order valence-corrected chi connectivity index (χ4v) is 2.20. The molecule has 0 bridgehead atoms. The summed E-state index contributed by atoms with van der Waals surface area (Å²) in [5, 5.41) is 12.7. The maximum atomic E-state index is 11.3. The summed E-state index contributed by atoms with van der Waals surface area (Å²) in [4.78, 5) is 22.4. The summed E-state index contributed by atoms with van der Waals surface area (Å²) in [6.45, 7) is 1.61. The molecule has 0 aliphatic carbocycles. The minimum Gasteiger partial charge on any atom is -0.320 e. The highest BCUT2D eigenvalue weighted by Crippen LogP contribution is 2.29. The van der Waals surface area contributed by atoms with E-state index in [1.165, 1.54) is 11.8 Å². The lowest BCUT2D eigenvalue weighted by Gasteiger charge is -2.28. The first-order chi connectivity index (χ1) is 7.61. The van der Waals surface area contributed by atoms with Crippen molar-refractivity contribution >= 4 is 40.9 Å². The van der Waals surface area contributed by atoms with Gasteiger partial charge in [-0.2, -0.15) is 5.10 Å². The van der Waals surface area contributed by atoms with Crippen LogP contribution in [0.15, 0.2) is 16.3 Å². The predicted molar refractivity (Wildman–Crippen MR) is 61.4 cm³/mol. The number of hydrogen-bond acceptors (Lipinski definition) is 5. The third-order valence-electron chi connectivity index (χ3n) is 2.01. The van der Waals surface area contributed by atoms with Crippen LogP contribution in [0.2, 0.25) is 0 Å². The summed E-state index contributed by atoms with van der Waals surface area (Å²) in [7, 11) is 0. The van der Waals surface area contributed by atoms with Crippen LogP contribution in [0.4, 0.5) is 0 Å². The zero-order valence-electron chi connectivity index (χ0n) is 8.36. The largest absolute Gasteiger partial charge is 0.320 e. The third kappa shape index (κ3) is 2.00. The Bertz CT molecular complexity index is 409. The molecule has 2 heterocycles. The molecule has 0 unspecified atom stereocenters. The molecule has 0 aromatic carbocycles. The molecule has 16 heavy (non-hydrogen) atoms. The van der Waals surface area contributed by atoms with E-state index in [9.17, 15) is 9.59 Å². The highest BCUT2D eigenvalue weighted by atomic mass is 35.5. The number of amides is 2. The number of nitrogens with one attached hydrogen (secondary N) is 2. The number of fused-ring (bicyclic) bond motifs is 1. The van der Waals surface area contributed by atoms with E-state index in [2.05, 4.69) is 15.7 Å². The molecule has 1 atom stereocenters. The van der Waals surface area contributed by atoms with Gasteiger partial charge in [0.15, 0.2) is 5.50 Å². The Kier molecular flexibility index (Phi) is 3.06. The highest BCUT2D eigenvalue weighted by molar-refractivity contribution is 8.02. The fourth-order valence-electron chi connectivity index (χ4n) is 1.25. The van der Waals surface area contributed by atoms with Gasteiger partial charge >= 0.3 is 0 Å². The first-order valence-electron chi connectivity index (χ1n) is 4.48. The summed E-state index contributed by atoms with van der Waals surface area (Å²) in [5.74, 6) is -0.0961. The monoisotopic (exact) mass is 260 g/mol. The number of carbonyl (C=O) groups excluding carboxylic acids is 2. The van der Waals surface area contributed by atoms with Crippen LogP contribution in [0, 0.1) is 0 Å². The van der Waals surface area contributed by atoms with Gasteiger partial charge in [0, 0.05) is 5.41 Å². The van der Waals surface area contributed by atoms with Gasteiger partial charge in [-0.25, -0.2) is 5.01 Å².